The van der Waals surface area contributed by atoms with Gasteiger partial charge in [0.25, 0.3) is 0 Å². The number of benzene rings is 3. The first-order valence-electron chi connectivity index (χ1n) is 9.44. The van der Waals surface area contributed by atoms with E-state index in [9.17, 15) is 4.79 Å². The Bertz CT molecular complexity index is 1170. The van der Waals surface area contributed by atoms with Gasteiger partial charge in [-0.15, -0.1) is 0 Å². The monoisotopic (exact) mass is 655 g/mol. The molecule has 1 heterocycles. The van der Waals surface area contributed by atoms with Crippen molar-refractivity contribution in [2.45, 2.75) is 6.42 Å². The Morgan fingerprint density at radius 2 is 1.68 bits per heavy atom. The average Bonchev–Trinajstić information content (AvgIpc) is 3.11. The molecule has 1 aliphatic rings. The predicted octanol–water partition coefficient (Wildman–Crippen LogP) is 6.52. The summed E-state index contributed by atoms with van der Waals surface area (Å²) in [5.41, 5.74) is 2.91. The lowest BCUT2D eigenvalue weighted by Crippen LogP contribution is -2.06. The molecule has 0 aromatic heterocycles. The summed E-state index contributed by atoms with van der Waals surface area (Å²) < 4.78 is 13.3. The average molecular weight is 656 g/mol. The summed E-state index contributed by atoms with van der Waals surface area (Å²) in [7, 11) is 0. The molecule has 0 amide bonds. The Balaban J connectivity index is 1.52. The maximum atomic E-state index is 12.3. The Morgan fingerprint density at radius 1 is 1.00 bits per heavy atom. The maximum absolute atomic E-state index is 12.3. The van der Waals surface area contributed by atoms with Gasteiger partial charge in [-0.3, -0.25) is 0 Å². The molecular weight excluding hydrogens is 640 g/mol. The van der Waals surface area contributed by atoms with E-state index >= 15 is 0 Å². The number of aliphatic imine (C=N–C) groups is 1. The zero-order valence-electron chi connectivity index (χ0n) is 16.1. The third-order valence-corrected chi connectivity index (χ3v) is 6.46. The molecule has 0 saturated carbocycles. The molecule has 0 aliphatic carbocycles. The van der Waals surface area contributed by atoms with Crippen molar-refractivity contribution in [3.63, 3.8) is 0 Å². The SMILES string of the molecule is O=C1OC(c2ccccc2Cl)=N/C1=C\c1cc(I)c(OCCc2ccccc2)c(I)c1. The number of carbonyl (C=O) groups excluding carboxylic acids is 1. The zero-order chi connectivity index (χ0) is 21.8. The fraction of sp³-hybridized carbons (Fsp3) is 0.0833. The summed E-state index contributed by atoms with van der Waals surface area (Å²) >= 11 is 10.7. The fourth-order valence-electron chi connectivity index (χ4n) is 3.03. The molecule has 4 nitrogen and oxygen atoms in total. The summed E-state index contributed by atoms with van der Waals surface area (Å²) in [6, 6.07) is 21.3. The van der Waals surface area contributed by atoms with Crippen molar-refractivity contribution in [1.29, 1.82) is 0 Å². The summed E-state index contributed by atoms with van der Waals surface area (Å²) in [6.45, 7) is 0.592. The normalized spacial score (nSPS) is 14.5. The molecule has 0 atom stereocenters. The molecule has 3 aromatic rings. The summed E-state index contributed by atoms with van der Waals surface area (Å²) in [5, 5.41) is 0.483. The highest BCUT2D eigenvalue weighted by molar-refractivity contribution is 14.1. The Kier molecular flexibility index (Phi) is 7.29. The molecule has 3 aromatic carbocycles. The molecule has 4 rings (SSSR count). The van der Waals surface area contributed by atoms with Gasteiger partial charge >= 0.3 is 5.97 Å². The maximum Gasteiger partial charge on any atom is 0.363 e. The van der Waals surface area contributed by atoms with Crippen molar-refractivity contribution in [2.75, 3.05) is 6.61 Å². The van der Waals surface area contributed by atoms with Crippen LogP contribution in [0.2, 0.25) is 5.02 Å². The number of cyclic esters (lactones) is 1. The van der Waals surface area contributed by atoms with Gasteiger partial charge in [0, 0.05) is 6.42 Å². The quantitative estimate of drug-likeness (QED) is 0.173. The fourth-order valence-corrected chi connectivity index (χ4v) is 5.38. The topological polar surface area (TPSA) is 47.9 Å². The van der Waals surface area contributed by atoms with E-state index in [0.29, 0.717) is 17.2 Å². The molecule has 0 N–H and O–H groups in total. The van der Waals surface area contributed by atoms with Crippen LogP contribution < -0.4 is 4.74 Å². The third-order valence-electron chi connectivity index (χ3n) is 4.53. The lowest BCUT2D eigenvalue weighted by molar-refractivity contribution is -0.129. The van der Waals surface area contributed by atoms with E-state index in [-0.39, 0.29) is 11.6 Å². The van der Waals surface area contributed by atoms with Gasteiger partial charge < -0.3 is 9.47 Å². The number of nitrogens with zero attached hydrogens (tertiary/aromatic N) is 1. The molecule has 7 heteroatoms. The van der Waals surface area contributed by atoms with Gasteiger partial charge in [0.15, 0.2) is 5.70 Å². The Morgan fingerprint density at radius 3 is 2.39 bits per heavy atom. The van der Waals surface area contributed by atoms with Crippen molar-refractivity contribution in [3.8, 4) is 5.75 Å². The molecule has 31 heavy (non-hydrogen) atoms. The van der Waals surface area contributed by atoms with Gasteiger partial charge in [-0.05, 0) is 86.7 Å². The minimum atomic E-state index is -0.497. The second-order valence-corrected chi connectivity index (χ2v) is 9.45. The van der Waals surface area contributed by atoms with E-state index in [4.69, 9.17) is 21.1 Å². The van der Waals surface area contributed by atoms with Gasteiger partial charge in [-0.25, -0.2) is 9.79 Å². The summed E-state index contributed by atoms with van der Waals surface area (Å²) in [4.78, 5) is 16.7. The first-order valence-corrected chi connectivity index (χ1v) is 12.0. The number of ether oxygens (including phenoxy) is 2. The van der Waals surface area contributed by atoms with Crippen LogP contribution in [0.4, 0.5) is 0 Å². The minimum Gasteiger partial charge on any atom is -0.491 e. The predicted molar refractivity (Wildman–Crippen MR) is 140 cm³/mol. The van der Waals surface area contributed by atoms with Gasteiger partial charge in [-0.2, -0.15) is 0 Å². The van der Waals surface area contributed by atoms with Crippen molar-refractivity contribution < 1.29 is 14.3 Å². The van der Waals surface area contributed by atoms with Crippen LogP contribution >= 0.6 is 56.8 Å². The van der Waals surface area contributed by atoms with Crippen LogP contribution in [0.15, 0.2) is 77.4 Å². The standard InChI is InChI=1S/C24H16ClI2NO3/c25-18-9-5-4-8-17(18)23-28-21(24(29)31-23)14-16-12-19(26)22(20(27)13-16)30-11-10-15-6-2-1-3-7-15/h1-9,12-14H,10-11H2/b21-14-. The number of esters is 1. The molecule has 1 aliphatic heterocycles. The van der Waals surface area contributed by atoms with E-state index in [1.807, 2.05) is 42.5 Å². The van der Waals surface area contributed by atoms with E-state index in [1.165, 1.54) is 5.56 Å². The van der Waals surface area contributed by atoms with Crippen LogP contribution in [-0.2, 0) is 16.0 Å². The first kappa shape index (κ1) is 22.3. The van der Waals surface area contributed by atoms with Crippen LogP contribution in [0.1, 0.15) is 16.7 Å². The second kappa shape index (κ2) is 10.1. The van der Waals surface area contributed by atoms with Crippen molar-refractivity contribution in [3.05, 3.63) is 101 Å². The first-order chi connectivity index (χ1) is 15.0. The number of hydrogen-bond acceptors (Lipinski definition) is 4. The van der Waals surface area contributed by atoms with Gasteiger partial charge in [-0.1, -0.05) is 54.1 Å². The van der Waals surface area contributed by atoms with E-state index in [0.717, 1.165) is 24.9 Å². The van der Waals surface area contributed by atoms with Crippen LogP contribution in [0.3, 0.4) is 0 Å². The molecule has 0 bridgehead atoms. The van der Waals surface area contributed by atoms with Crippen LogP contribution in [0.25, 0.3) is 6.08 Å². The summed E-state index contributed by atoms with van der Waals surface area (Å²) in [5.74, 6) is 0.559. The lowest BCUT2D eigenvalue weighted by Gasteiger charge is -2.11. The number of carbonyl (C=O) groups is 1. The highest BCUT2D eigenvalue weighted by Crippen LogP contribution is 2.31. The number of hydrogen-bond donors (Lipinski definition) is 0. The minimum absolute atomic E-state index is 0.215. The second-order valence-electron chi connectivity index (χ2n) is 6.71. The Hall–Kier alpha value is -1.91. The highest BCUT2D eigenvalue weighted by atomic mass is 127. The van der Waals surface area contributed by atoms with E-state index in [1.54, 1.807) is 18.2 Å². The zero-order valence-corrected chi connectivity index (χ0v) is 21.2. The lowest BCUT2D eigenvalue weighted by atomic mass is 10.1. The molecule has 0 spiro atoms. The number of rotatable bonds is 6. The molecule has 0 unspecified atom stereocenters. The van der Waals surface area contributed by atoms with Gasteiger partial charge in [0.05, 0.1) is 24.3 Å². The Labute approximate surface area is 212 Å². The largest absolute Gasteiger partial charge is 0.491 e. The van der Waals surface area contributed by atoms with E-state index < -0.39 is 5.97 Å². The third kappa shape index (κ3) is 5.48. The summed E-state index contributed by atoms with van der Waals surface area (Å²) in [6.07, 6.45) is 2.55. The molecular formula is C24H16ClI2NO3. The smallest absolute Gasteiger partial charge is 0.363 e. The van der Waals surface area contributed by atoms with Crippen molar-refractivity contribution >= 4 is 74.7 Å². The molecule has 156 valence electrons. The van der Waals surface area contributed by atoms with Crippen molar-refractivity contribution in [1.82, 2.24) is 0 Å². The van der Waals surface area contributed by atoms with E-state index in [2.05, 4.69) is 62.3 Å². The van der Waals surface area contributed by atoms with Crippen molar-refractivity contribution in [2.24, 2.45) is 4.99 Å². The van der Waals surface area contributed by atoms with Crippen LogP contribution in [0.5, 0.6) is 5.75 Å². The van der Waals surface area contributed by atoms with Crippen LogP contribution in [-0.4, -0.2) is 18.5 Å². The van der Waals surface area contributed by atoms with Crippen LogP contribution in [0, 0.1) is 7.14 Å². The molecule has 0 fully saturated rings. The highest BCUT2D eigenvalue weighted by Gasteiger charge is 2.25. The molecule has 0 saturated heterocycles. The number of halogens is 3. The van der Waals surface area contributed by atoms with Gasteiger partial charge in [0.2, 0.25) is 5.90 Å². The van der Waals surface area contributed by atoms with Gasteiger partial charge in [0.1, 0.15) is 5.75 Å². The molecule has 0 radical (unpaired) electrons.